The van der Waals surface area contributed by atoms with Gasteiger partial charge in [-0.1, -0.05) is 25.3 Å². The summed E-state index contributed by atoms with van der Waals surface area (Å²) in [4.78, 5) is 11.9. The van der Waals surface area contributed by atoms with E-state index in [1.54, 1.807) is 0 Å². The normalized spacial score (nSPS) is 16.8. The highest BCUT2D eigenvalue weighted by molar-refractivity contribution is 14.1. The third kappa shape index (κ3) is 3.98. The summed E-state index contributed by atoms with van der Waals surface area (Å²) in [5, 5.41) is 3.05. The summed E-state index contributed by atoms with van der Waals surface area (Å²) >= 11 is 2.23. The number of hydrogen-bond acceptors (Lipinski definition) is 1. The zero-order valence-electron chi connectivity index (χ0n) is 9.92. The van der Waals surface area contributed by atoms with Crippen LogP contribution in [0.3, 0.4) is 0 Å². The Morgan fingerprint density at radius 2 is 2.06 bits per heavy atom. The number of nitrogens with one attached hydrogen (secondary N) is 1. The molecule has 1 amide bonds. The van der Waals surface area contributed by atoms with Crippen molar-refractivity contribution in [1.82, 2.24) is 5.32 Å². The van der Waals surface area contributed by atoms with Gasteiger partial charge in [-0.3, -0.25) is 4.79 Å². The van der Waals surface area contributed by atoms with E-state index in [1.807, 2.05) is 24.3 Å². The Morgan fingerprint density at radius 1 is 1.29 bits per heavy atom. The summed E-state index contributed by atoms with van der Waals surface area (Å²) in [6.07, 6.45) is 6.55. The van der Waals surface area contributed by atoms with Crippen LogP contribution in [0.2, 0.25) is 0 Å². The summed E-state index contributed by atoms with van der Waals surface area (Å²) in [6.45, 7) is 0.838. The van der Waals surface area contributed by atoms with Crippen LogP contribution in [0, 0.1) is 9.49 Å². The molecule has 0 bridgehead atoms. The van der Waals surface area contributed by atoms with Crippen molar-refractivity contribution < 1.29 is 4.79 Å². The van der Waals surface area contributed by atoms with Crippen molar-refractivity contribution >= 4 is 28.5 Å². The van der Waals surface area contributed by atoms with Gasteiger partial charge in [0.25, 0.3) is 5.91 Å². The Balaban J connectivity index is 1.84. The van der Waals surface area contributed by atoms with Crippen molar-refractivity contribution in [2.75, 3.05) is 6.54 Å². The van der Waals surface area contributed by atoms with E-state index in [0.29, 0.717) is 5.92 Å². The summed E-state index contributed by atoms with van der Waals surface area (Å²) in [5.74, 6) is 0.754. The van der Waals surface area contributed by atoms with Crippen molar-refractivity contribution in [2.45, 2.75) is 32.1 Å². The minimum atomic E-state index is 0.0640. The van der Waals surface area contributed by atoms with E-state index in [-0.39, 0.29) is 5.91 Å². The summed E-state index contributed by atoms with van der Waals surface area (Å²) in [7, 11) is 0. The molecule has 0 atom stereocenters. The highest BCUT2D eigenvalue weighted by atomic mass is 127. The fraction of sp³-hybridized carbons (Fsp3) is 0.500. The topological polar surface area (TPSA) is 29.1 Å². The first-order valence-electron chi connectivity index (χ1n) is 6.29. The highest BCUT2D eigenvalue weighted by Crippen LogP contribution is 2.22. The summed E-state index contributed by atoms with van der Waals surface area (Å²) in [5.41, 5.74) is 0.771. The third-order valence-corrected chi connectivity index (χ3v) is 4.03. The van der Waals surface area contributed by atoms with Crippen molar-refractivity contribution in [1.29, 1.82) is 0 Å². The minimum Gasteiger partial charge on any atom is -0.352 e. The van der Waals surface area contributed by atoms with E-state index in [2.05, 4.69) is 27.9 Å². The first kappa shape index (κ1) is 12.9. The van der Waals surface area contributed by atoms with Crippen LogP contribution in [0.5, 0.6) is 0 Å². The maximum Gasteiger partial charge on any atom is 0.251 e. The van der Waals surface area contributed by atoms with Gasteiger partial charge in [-0.2, -0.15) is 0 Å². The van der Waals surface area contributed by atoms with Gasteiger partial charge in [-0.25, -0.2) is 0 Å². The van der Waals surface area contributed by atoms with Gasteiger partial charge in [0, 0.05) is 15.7 Å². The fourth-order valence-corrected chi connectivity index (χ4v) is 2.90. The van der Waals surface area contributed by atoms with Crippen LogP contribution in [0.15, 0.2) is 24.3 Å². The van der Waals surface area contributed by atoms with E-state index in [4.69, 9.17) is 0 Å². The molecule has 1 saturated carbocycles. The maximum atomic E-state index is 11.9. The second-order valence-corrected chi connectivity index (χ2v) is 5.97. The molecule has 1 aromatic carbocycles. The van der Waals surface area contributed by atoms with E-state index < -0.39 is 0 Å². The van der Waals surface area contributed by atoms with E-state index in [1.165, 1.54) is 32.1 Å². The molecule has 3 heteroatoms. The van der Waals surface area contributed by atoms with Crippen molar-refractivity contribution in [3.05, 3.63) is 33.4 Å². The van der Waals surface area contributed by atoms with E-state index in [0.717, 1.165) is 15.7 Å². The number of benzene rings is 1. The van der Waals surface area contributed by atoms with Gasteiger partial charge in [-0.05, 0) is 59.5 Å². The minimum absolute atomic E-state index is 0.0640. The standard InChI is InChI=1S/C14H18INO/c15-13-8-4-7-12(9-13)14(17)16-10-11-5-2-1-3-6-11/h4,7-9,11H,1-3,5-6,10H2,(H,16,17). The quantitative estimate of drug-likeness (QED) is 0.835. The van der Waals surface area contributed by atoms with Gasteiger partial charge >= 0.3 is 0 Å². The smallest absolute Gasteiger partial charge is 0.251 e. The number of rotatable bonds is 3. The molecule has 0 saturated heterocycles. The summed E-state index contributed by atoms with van der Waals surface area (Å²) in [6, 6.07) is 7.73. The zero-order chi connectivity index (χ0) is 12.1. The zero-order valence-corrected chi connectivity index (χ0v) is 12.1. The maximum absolute atomic E-state index is 11.9. The van der Waals surface area contributed by atoms with Gasteiger partial charge in [0.1, 0.15) is 0 Å². The van der Waals surface area contributed by atoms with Gasteiger partial charge in [0.2, 0.25) is 0 Å². The van der Waals surface area contributed by atoms with Crippen LogP contribution < -0.4 is 5.32 Å². The molecule has 0 unspecified atom stereocenters. The van der Waals surface area contributed by atoms with Gasteiger partial charge in [0.05, 0.1) is 0 Å². The van der Waals surface area contributed by atoms with Crippen LogP contribution >= 0.6 is 22.6 Å². The molecule has 1 aliphatic carbocycles. The van der Waals surface area contributed by atoms with E-state index in [9.17, 15) is 4.79 Å². The lowest BCUT2D eigenvalue weighted by Crippen LogP contribution is -2.30. The first-order valence-corrected chi connectivity index (χ1v) is 7.37. The van der Waals surface area contributed by atoms with Gasteiger partial charge in [0.15, 0.2) is 0 Å². The fourth-order valence-electron chi connectivity index (χ4n) is 2.36. The molecule has 0 aliphatic heterocycles. The molecule has 1 aromatic rings. The molecule has 2 rings (SSSR count). The predicted octanol–water partition coefficient (Wildman–Crippen LogP) is 3.60. The predicted molar refractivity (Wildman–Crippen MR) is 78.1 cm³/mol. The lowest BCUT2D eigenvalue weighted by molar-refractivity contribution is 0.0943. The molecule has 17 heavy (non-hydrogen) atoms. The van der Waals surface area contributed by atoms with Gasteiger partial charge < -0.3 is 5.32 Å². The van der Waals surface area contributed by atoms with Crippen LogP contribution in [-0.4, -0.2) is 12.5 Å². The number of carbonyl (C=O) groups is 1. The molecular weight excluding hydrogens is 325 g/mol. The number of carbonyl (C=O) groups excluding carboxylic acids is 1. The molecule has 0 aromatic heterocycles. The second kappa shape index (κ2) is 6.38. The Bertz CT molecular complexity index is 386. The molecule has 1 N–H and O–H groups in total. The second-order valence-electron chi connectivity index (χ2n) is 4.72. The molecule has 1 fully saturated rings. The number of halogens is 1. The third-order valence-electron chi connectivity index (χ3n) is 3.36. The molecule has 0 heterocycles. The van der Waals surface area contributed by atoms with Crippen molar-refractivity contribution in [2.24, 2.45) is 5.92 Å². The Hall–Kier alpha value is -0.580. The number of hydrogen-bond donors (Lipinski definition) is 1. The van der Waals surface area contributed by atoms with Crippen LogP contribution in [0.1, 0.15) is 42.5 Å². The van der Waals surface area contributed by atoms with E-state index >= 15 is 0 Å². The first-order chi connectivity index (χ1) is 8.25. The monoisotopic (exact) mass is 343 g/mol. The highest BCUT2D eigenvalue weighted by Gasteiger charge is 2.14. The Labute approximate surface area is 116 Å². The lowest BCUT2D eigenvalue weighted by atomic mass is 9.89. The average molecular weight is 343 g/mol. The van der Waals surface area contributed by atoms with Crippen LogP contribution in [0.25, 0.3) is 0 Å². The van der Waals surface area contributed by atoms with Crippen LogP contribution in [0.4, 0.5) is 0 Å². The average Bonchev–Trinajstić information content (AvgIpc) is 2.37. The lowest BCUT2D eigenvalue weighted by Gasteiger charge is -2.21. The molecule has 0 spiro atoms. The Morgan fingerprint density at radius 3 is 2.76 bits per heavy atom. The summed E-state index contributed by atoms with van der Waals surface area (Å²) < 4.78 is 1.10. The molecular formula is C14H18INO. The van der Waals surface area contributed by atoms with Crippen molar-refractivity contribution in [3.8, 4) is 0 Å². The number of amides is 1. The molecule has 2 nitrogen and oxygen atoms in total. The van der Waals surface area contributed by atoms with Crippen LogP contribution in [-0.2, 0) is 0 Å². The molecule has 1 aliphatic rings. The molecule has 0 radical (unpaired) electrons. The largest absolute Gasteiger partial charge is 0.352 e. The Kier molecular flexibility index (Phi) is 4.83. The van der Waals surface area contributed by atoms with Gasteiger partial charge in [-0.15, -0.1) is 0 Å². The van der Waals surface area contributed by atoms with Crippen molar-refractivity contribution in [3.63, 3.8) is 0 Å². The molecule has 92 valence electrons. The SMILES string of the molecule is O=C(NCC1CCCCC1)c1cccc(I)c1.